The molecule has 4 aliphatic carbocycles. The number of allylic oxidation sites excluding steroid dienone is 1. The van der Waals surface area contributed by atoms with Crippen molar-refractivity contribution in [2.45, 2.75) is 38.2 Å². The second kappa shape index (κ2) is 2.77. The number of primary amides is 1. The highest BCUT2D eigenvalue weighted by Gasteiger charge is 2.52. The van der Waals surface area contributed by atoms with Gasteiger partial charge in [0.25, 0.3) is 0 Å². The SMILES string of the molecule is C[C@H]1C2C=C3CC1C[C@](OC(N)=O)(C3)C2. The Hall–Kier alpha value is -0.990. The normalized spacial score (nSPS) is 46.5. The van der Waals surface area contributed by atoms with E-state index in [0.29, 0.717) is 11.8 Å². The molecule has 0 spiro atoms. The number of carbonyl (C=O) groups excluding carboxylic acids is 1. The summed E-state index contributed by atoms with van der Waals surface area (Å²) in [6.07, 6.45) is 5.94. The van der Waals surface area contributed by atoms with Crippen molar-refractivity contribution < 1.29 is 9.53 Å². The molecular formula is C12H17NO2. The van der Waals surface area contributed by atoms with E-state index in [1.165, 1.54) is 12.0 Å². The zero-order valence-corrected chi connectivity index (χ0v) is 9.03. The molecular weight excluding hydrogens is 190 g/mol. The van der Waals surface area contributed by atoms with Gasteiger partial charge in [0.05, 0.1) is 0 Å². The molecule has 82 valence electrons. The summed E-state index contributed by atoms with van der Waals surface area (Å²) in [5.74, 6) is 2.07. The maximum Gasteiger partial charge on any atom is 0.405 e. The summed E-state index contributed by atoms with van der Waals surface area (Å²) >= 11 is 0. The number of rotatable bonds is 1. The Kier molecular flexibility index (Phi) is 1.71. The van der Waals surface area contributed by atoms with Gasteiger partial charge in [0.2, 0.25) is 0 Å². The summed E-state index contributed by atoms with van der Waals surface area (Å²) in [6.45, 7) is 2.32. The first-order valence-corrected chi connectivity index (χ1v) is 5.76. The first kappa shape index (κ1) is 9.25. The number of ether oxygens (including phenoxy) is 1. The molecule has 4 aliphatic rings. The maximum atomic E-state index is 10.9. The standard InChI is InChI=1S/C12H17NO2/c1-7-9-2-8-3-10(7)6-12(4-8,5-9)15-11(13)14/h2,7,9-10H,3-6H2,1H3,(H2,13,14)/t7-,9?,10?,12-/m0/s1. The van der Waals surface area contributed by atoms with Crippen LogP contribution in [0.1, 0.15) is 32.6 Å². The van der Waals surface area contributed by atoms with Crippen LogP contribution in [0.15, 0.2) is 11.6 Å². The molecule has 0 aromatic heterocycles. The van der Waals surface area contributed by atoms with Crippen LogP contribution in [0.25, 0.3) is 0 Å². The van der Waals surface area contributed by atoms with Crippen LogP contribution in [0.4, 0.5) is 4.79 Å². The quantitative estimate of drug-likeness (QED) is 0.670. The molecule has 0 aromatic carbocycles. The van der Waals surface area contributed by atoms with Crippen molar-refractivity contribution in [3.05, 3.63) is 11.6 Å². The molecule has 1 amide bonds. The topological polar surface area (TPSA) is 52.3 Å². The predicted molar refractivity (Wildman–Crippen MR) is 56.1 cm³/mol. The molecule has 0 heterocycles. The van der Waals surface area contributed by atoms with E-state index < -0.39 is 6.09 Å². The first-order valence-electron chi connectivity index (χ1n) is 5.76. The maximum absolute atomic E-state index is 10.9. The minimum atomic E-state index is -0.606. The van der Waals surface area contributed by atoms with Gasteiger partial charge in [0.15, 0.2) is 0 Å². The summed E-state index contributed by atoms with van der Waals surface area (Å²) < 4.78 is 5.40. The average molecular weight is 207 g/mol. The molecule has 4 rings (SSSR count). The van der Waals surface area contributed by atoms with Crippen molar-refractivity contribution in [3.63, 3.8) is 0 Å². The zero-order chi connectivity index (χ0) is 10.6. The molecule has 15 heavy (non-hydrogen) atoms. The van der Waals surface area contributed by atoms with Gasteiger partial charge in [0.1, 0.15) is 5.60 Å². The Morgan fingerprint density at radius 1 is 1.60 bits per heavy atom. The van der Waals surface area contributed by atoms with Crippen LogP contribution in [0.5, 0.6) is 0 Å². The Bertz CT molecular complexity index is 350. The predicted octanol–water partition coefficient (Wildman–Crippen LogP) is 2.22. The summed E-state index contributed by atoms with van der Waals surface area (Å²) in [7, 11) is 0. The van der Waals surface area contributed by atoms with Gasteiger partial charge in [-0.3, -0.25) is 0 Å². The fraction of sp³-hybridized carbons (Fsp3) is 0.750. The van der Waals surface area contributed by atoms with E-state index >= 15 is 0 Å². The number of hydrogen-bond donors (Lipinski definition) is 1. The largest absolute Gasteiger partial charge is 0.443 e. The lowest BCUT2D eigenvalue weighted by Gasteiger charge is -2.54. The van der Waals surface area contributed by atoms with Crippen molar-refractivity contribution >= 4 is 6.09 Å². The molecule has 3 heteroatoms. The smallest absolute Gasteiger partial charge is 0.405 e. The third kappa shape index (κ3) is 1.29. The minimum Gasteiger partial charge on any atom is -0.443 e. The van der Waals surface area contributed by atoms with E-state index in [9.17, 15) is 4.79 Å². The van der Waals surface area contributed by atoms with Gasteiger partial charge in [-0.05, 0) is 37.0 Å². The highest BCUT2D eigenvalue weighted by Crippen LogP contribution is 2.56. The van der Waals surface area contributed by atoms with Crippen LogP contribution in [0.2, 0.25) is 0 Å². The van der Waals surface area contributed by atoms with Gasteiger partial charge >= 0.3 is 6.09 Å². The van der Waals surface area contributed by atoms with E-state index in [1.807, 2.05) is 0 Å². The van der Waals surface area contributed by atoms with E-state index in [4.69, 9.17) is 10.5 Å². The van der Waals surface area contributed by atoms with Crippen molar-refractivity contribution in [2.75, 3.05) is 0 Å². The molecule has 2 N–H and O–H groups in total. The summed E-state index contributed by atoms with van der Waals surface area (Å²) in [5, 5.41) is 0. The lowest BCUT2D eigenvalue weighted by molar-refractivity contribution is -0.0793. The second-order valence-electron chi connectivity index (χ2n) is 5.50. The summed E-state index contributed by atoms with van der Waals surface area (Å²) in [6, 6.07) is 0. The average Bonchev–Trinajstić information content (AvgIpc) is 2.10. The zero-order valence-electron chi connectivity index (χ0n) is 9.03. The van der Waals surface area contributed by atoms with E-state index in [2.05, 4.69) is 13.0 Å². The lowest BCUT2D eigenvalue weighted by Crippen LogP contribution is -2.52. The summed E-state index contributed by atoms with van der Waals surface area (Å²) in [5.41, 5.74) is 6.42. The van der Waals surface area contributed by atoms with Crippen LogP contribution in [0, 0.1) is 17.8 Å². The highest BCUT2D eigenvalue weighted by molar-refractivity contribution is 5.65. The van der Waals surface area contributed by atoms with Crippen molar-refractivity contribution in [1.29, 1.82) is 0 Å². The van der Waals surface area contributed by atoms with E-state index in [1.54, 1.807) is 0 Å². The van der Waals surface area contributed by atoms with Crippen LogP contribution < -0.4 is 5.73 Å². The fourth-order valence-corrected chi connectivity index (χ4v) is 3.91. The van der Waals surface area contributed by atoms with Crippen LogP contribution in [-0.4, -0.2) is 11.7 Å². The van der Waals surface area contributed by atoms with Gasteiger partial charge in [-0.2, -0.15) is 0 Å². The third-order valence-corrected chi connectivity index (χ3v) is 4.50. The molecule has 2 saturated carbocycles. The van der Waals surface area contributed by atoms with Crippen LogP contribution in [-0.2, 0) is 4.74 Å². The molecule has 0 saturated heterocycles. The number of amides is 1. The highest BCUT2D eigenvalue weighted by atomic mass is 16.6. The van der Waals surface area contributed by atoms with Gasteiger partial charge < -0.3 is 10.5 Å². The monoisotopic (exact) mass is 207 g/mol. The van der Waals surface area contributed by atoms with Crippen molar-refractivity contribution in [1.82, 2.24) is 0 Å². The Morgan fingerprint density at radius 3 is 3.07 bits per heavy atom. The summed E-state index contributed by atoms with van der Waals surface area (Å²) in [4.78, 5) is 10.9. The molecule has 3 nitrogen and oxygen atoms in total. The van der Waals surface area contributed by atoms with Gasteiger partial charge in [0, 0.05) is 6.42 Å². The van der Waals surface area contributed by atoms with Crippen molar-refractivity contribution in [2.24, 2.45) is 23.5 Å². The molecule has 0 radical (unpaired) electrons. The van der Waals surface area contributed by atoms with E-state index in [-0.39, 0.29) is 5.60 Å². The molecule has 4 bridgehead atoms. The molecule has 2 fully saturated rings. The second-order valence-corrected chi connectivity index (χ2v) is 5.50. The van der Waals surface area contributed by atoms with Gasteiger partial charge in [-0.25, -0.2) is 4.79 Å². The molecule has 0 aromatic rings. The molecule has 0 aliphatic heterocycles. The number of nitrogens with two attached hydrogens (primary N) is 1. The first-order chi connectivity index (χ1) is 7.08. The molecule has 2 unspecified atom stereocenters. The lowest BCUT2D eigenvalue weighted by atomic mass is 9.55. The minimum absolute atomic E-state index is 0.240. The number of carbonyl (C=O) groups is 1. The Morgan fingerprint density at radius 2 is 2.40 bits per heavy atom. The van der Waals surface area contributed by atoms with Crippen LogP contribution >= 0.6 is 0 Å². The van der Waals surface area contributed by atoms with Gasteiger partial charge in [-0.15, -0.1) is 0 Å². The van der Waals surface area contributed by atoms with Gasteiger partial charge in [-0.1, -0.05) is 18.6 Å². The Labute approximate surface area is 89.7 Å². The molecule has 4 atom stereocenters. The van der Waals surface area contributed by atoms with E-state index in [0.717, 1.165) is 25.2 Å². The third-order valence-electron chi connectivity index (χ3n) is 4.50. The number of hydrogen-bond acceptors (Lipinski definition) is 2. The fourth-order valence-electron chi connectivity index (χ4n) is 3.91. The van der Waals surface area contributed by atoms with Crippen LogP contribution in [0.3, 0.4) is 0 Å². The van der Waals surface area contributed by atoms with Crippen molar-refractivity contribution in [3.8, 4) is 0 Å². The Balaban J connectivity index is 1.92.